The third-order valence-electron chi connectivity index (χ3n) is 4.22. The quantitative estimate of drug-likeness (QED) is 0.881. The number of pyridine rings is 1. The maximum atomic E-state index is 12.0. The van der Waals surface area contributed by atoms with Crippen molar-refractivity contribution in [3.63, 3.8) is 0 Å². The van der Waals surface area contributed by atoms with Crippen LogP contribution in [0.15, 0.2) is 35.1 Å². The highest BCUT2D eigenvalue weighted by atomic mass is 16.3. The van der Waals surface area contributed by atoms with E-state index >= 15 is 0 Å². The largest absolute Gasteiger partial charge is 0.391 e. The predicted molar refractivity (Wildman–Crippen MR) is 81.1 cm³/mol. The van der Waals surface area contributed by atoms with Crippen molar-refractivity contribution >= 4 is 16.6 Å². The molecule has 0 amide bonds. The minimum absolute atomic E-state index is 0.0310. The Bertz CT molecular complexity index is 678. The molecule has 1 saturated carbocycles. The number of rotatable bonds is 2. The van der Waals surface area contributed by atoms with Crippen LogP contribution in [0.2, 0.25) is 0 Å². The number of aromatic nitrogens is 1. The second-order valence-corrected chi connectivity index (χ2v) is 5.58. The third kappa shape index (κ3) is 2.31. The van der Waals surface area contributed by atoms with Crippen LogP contribution in [-0.4, -0.2) is 21.8 Å². The Morgan fingerprint density at radius 2 is 2.00 bits per heavy atom. The molecule has 20 heavy (non-hydrogen) atoms. The van der Waals surface area contributed by atoms with E-state index in [4.69, 9.17) is 0 Å². The van der Waals surface area contributed by atoms with Crippen molar-refractivity contribution in [1.82, 2.24) is 4.57 Å². The van der Waals surface area contributed by atoms with Crippen molar-refractivity contribution in [2.75, 3.05) is 5.32 Å². The first-order valence-electron chi connectivity index (χ1n) is 7.20. The summed E-state index contributed by atoms with van der Waals surface area (Å²) in [5.74, 6) is 0. The SMILES string of the molecule is Cn1c(=O)cc(NC2CCCCC2O)c2ccccc21. The van der Waals surface area contributed by atoms with Gasteiger partial charge < -0.3 is 15.0 Å². The fraction of sp³-hybridized carbons (Fsp3) is 0.438. The monoisotopic (exact) mass is 272 g/mol. The number of nitrogens with zero attached hydrogens (tertiary/aromatic N) is 1. The molecule has 0 saturated heterocycles. The van der Waals surface area contributed by atoms with Crippen LogP contribution in [0.25, 0.3) is 10.9 Å². The van der Waals surface area contributed by atoms with Gasteiger partial charge in [0.15, 0.2) is 0 Å². The normalized spacial score (nSPS) is 22.9. The molecule has 1 aliphatic carbocycles. The van der Waals surface area contributed by atoms with Crippen LogP contribution < -0.4 is 10.9 Å². The fourth-order valence-corrected chi connectivity index (χ4v) is 3.01. The number of aryl methyl sites for hydroxylation is 1. The number of para-hydroxylation sites is 1. The molecule has 1 aromatic carbocycles. The molecule has 0 aliphatic heterocycles. The van der Waals surface area contributed by atoms with E-state index in [-0.39, 0.29) is 17.7 Å². The molecule has 3 rings (SSSR count). The maximum Gasteiger partial charge on any atom is 0.252 e. The second kappa shape index (κ2) is 5.29. The maximum absolute atomic E-state index is 12.0. The smallest absolute Gasteiger partial charge is 0.252 e. The van der Waals surface area contributed by atoms with Gasteiger partial charge in [-0.3, -0.25) is 4.79 Å². The number of anilines is 1. The lowest BCUT2D eigenvalue weighted by atomic mass is 9.92. The summed E-state index contributed by atoms with van der Waals surface area (Å²) in [6.07, 6.45) is 3.66. The van der Waals surface area contributed by atoms with Gasteiger partial charge in [-0.2, -0.15) is 0 Å². The van der Waals surface area contributed by atoms with E-state index in [9.17, 15) is 9.90 Å². The van der Waals surface area contributed by atoms with Crippen LogP contribution in [0.1, 0.15) is 25.7 Å². The average Bonchev–Trinajstić information content (AvgIpc) is 2.47. The van der Waals surface area contributed by atoms with Gasteiger partial charge >= 0.3 is 0 Å². The number of aliphatic hydroxyl groups is 1. The molecule has 0 spiro atoms. The average molecular weight is 272 g/mol. The predicted octanol–water partition coefficient (Wildman–Crippen LogP) is 2.25. The number of benzene rings is 1. The highest BCUT2D eigenvalue weighted by molar-refractivity contribution is 5.91. The van der Waals surface area contributed by atoms with Crippen LogP contribution in [0, 0.1) is 0 Å². The lowest BCUT2D eigenvalue weighted by Gasteiger charge is -2.29. The number of fused-ring (bicyclic) bond motifs is 1. The third-order valence-corrected chi connectivity index (χ3v) is 4.22. The summed E-state index contributed by atoms with van der Waals surface area (Å²) in [5.41, 5.74) is 1.71. The van der Waals surface area contributed by atoms with Crippen LogP contribution in [-0.2, 0) is 7.05 Å². The molecule has 106 valence electrons. The standard InChI is InChI=1S/C16H20N2O2/c1-18-14-8-4-2-6-11(14)13(10-16(18)20)17-12-7-3-5-9-15(12)19/h2,4,6,8,10,12,15,17,19H,3,5,7,9H2,1H3. The molecule has 1 aromatic heterocycles. The van der Waals surface area contributed by atoms with Gasteiger partial charge in [0.05, 0.1) is 17.7 Å². The Labute approximate surface area is 118 Å². The van der Waals surface area contributed by atoms with E-state index < -0.39 is 0 Å². The molecule has 2 atom stereocenters. The zero-order chi connectivity index (χ0) is 14.1. The second-order valence-electron chi connectivity index (χ2n) is 5.58. The zero-order valence-corrected chi connectivity index (χ0v) is 11.7. The summed E-state index contributed by atoms with van der Waals surface area (Å²) < 4.78 is 1.65. The van der Waals surface area contributed by atoms with E-state index in [1.165, 1.54) is 0 Å². The first-order valence-corrected chi connectivity index (χ1v) is 7.20. The highest BCUT2D eigenvalue weighted by Gasteiger charge is 2.23. The molecule has 2 unspecified atom stereocenters. The summed E-state index contributed by atoms with van der Waals surface area (Å²) in [5, 5.41) is 14.5. The highest BCUT2D eigenvalue weighted by Crippen LogP contribution is 2.26. The minimum Gasteiger partial charge on any atom is -0.391 e. The Morgan fingerprint density at radius 3 is 2.80 bits per heavy atom. The van der Waals surface area contributed by atoms with Crippen molar-refractivity contribution in [2.45, 2.75) is 37.8 Å². The van der Waals surface area contributed by atoms with Crippen molar-refractivity contribution in [1.29, 1.82) is 0 Å². The van der Waals surface area contributed by atoms with E-state index in [1.54, 1.807) is 17.7 Å². The molecular weight excluding hydrogens is 252 g/mol. The van der Waals surface area contributed by atoms with Crippen LogP contribution in [0.5, 0.6) is 0 Å². The Kier molecular flexibility index (Phi) is 3.49. The molecule has 2 N–H and O–H groups in total. The first-order chi connectivity index (χ1) is 9.66. The summed E-state index contributed by atoms with van der Waals surface area (Å²) in [6.45, 7) is 0. The topological polar surface area (TPSA) is 54.3 Å². The Hall–Kier alpha value is -1.81. The number of hydrogen-bond donors (Lipinski definition) is 2. The van der Waals surface area contributed by atoms with Crippen LogP contribution >= 0.6 is 0 Å². The molecular formula is C16H20N2O2. The van der Waals surface area contributed by atoms with Gasteiger partial charge in [-0.1, -0.05) is 31.0 Å². The molecule has 1 aliphatic rings. The molecule has 4 nitrogen and oxygen atoms in total. The fourth-order valence-electron chi connectivity index (χ4n) is 3.01. The zero-order valence-electron chi connectivity index (χ0n) is 11.7. The number of nitrogens with one attached hydrogen (secondary N) is 1. The van der Waals surface area contributed by atoms with Gasteiger partial charge in [-0.05, 0) is 18.9 Å². The van der Waals surface area contributed by atoms with E-state index in [2.05, 4.69) is 5.32 Å². The summed E-state index contributed by atoms with van der Waals surface area (Å²) in [7, 11) is 1.78. The van der Waals surface area contributed by atoms with Gasteiger partial charge in [0, 0.05) is 24.2 Å². The molecule has 1 fully saturated rings. The summed E-state index contributed by atoms with van der Waals surface area (Å²) >= 11 is 0. The van der Waals surface area contributed by atoms with Crippen LogP contribution in [0.3, 0.4) is 0 Å². The van der Waals surface area contributed by atoms with E-state index in [1.807, 2.05) is 24.3 Å². The Morgan fingerprint density at radius 1 is 1.25 bits per heavy atom. The van der Waals surface area contributed by atoms with Gasteiger partial charge in [0.1, 0.15) is 0 Å². The van der Waals surface area contributed by atoms with E-state index in [0.29, 0.717) is 0 Å². The van der Waals surface area contributed by atoms with E-state index in [0.717, 1.165) is 42.3 Å². The lowest BCUT2D eigenvalue weighted by molar-refractivity contribution is 0.116. The number of aliphatic hydroxyl groups excluding tert-OH is 1. The summed E-state index contributed by atoms with van der Waals surface area (Å²) in [6, 6.07) is 9.52. The molecule has 2 aromatic rings. The van der Waals surface area contributed by atoms with Crippen molar-refractivity contribution in [3.8, 4) is 0 Å². The molecule has 0 radical (unpaired) electrons. The van der Waals surface area contributed by atoms with Gasteiger partial charge in [0.25, 0.3) is 5.56 Å². The van der Waals surface area contributed by atoms with Gasteiger partial charge in [0.2, 0.25) is 0 Å². The van der Waals surface area contributed by atoms with Gasteiger partial charge in [-0.15, -0.1) is 0 Å². The minimum atomic E-state index is -0.327. The molecule has 4 heteroatoms. The van der Waals surface area contributed by atoms with Crippen molar-refractivity contribution in [2.24, 2.45) is 7.05 Å². The number of hydrogen-bond acceptors (Lipinski definition) is 3. The summed E-state index contributed by atoms with van der Waals surface area (Å²) in [4.78, 5) is 12.0. The van der Waals surface area contributed by atoms with Crippen LogP contribution in [0.4, 0.5) is 5.69 Å². The lowest BCUT2D eigenvalue weighted by Crippen LogP contribution is -2.36. The Balaban J connectivity index is 2.03. The van der Waals surface area contributed by atoms with Crippen molar-refractivity contribution < 1.29 is 5.11 Å². The molecule has 0 bridgehead atoms. The first kappa shape index (κ1) is 13.2. The van der Waals surface area contributed by atoms with Crippen molar-refractivity contribution in [3.05, 3.63) is 40.7 Å². The van der Waals surface area contributed by atoms with Gasteiger partial charge in [-0.25, -0.2) is 0 Å². The molecule has 1 heterocycles.